The quantitative estimate of drug-likeness (QED) is 0.742. The molecule has 0 bridgehead atoms. The topological polar surface area (TPSA) is 71.3 Å². The van der Waals surface area contributed by atoms with Crippen molar-refractivity contribution >= 4 is 35.2 Å². The highest BCUT2D eigenvalue weighted by Gasteiger charge is 2.06. The van der Waals surface area contributed by atoms with Crippen LogP contribution in [-0.4, -0.2) is 12.8 Å². The van der Waals surface area contributed by atoms with Crippen LogP contribution in [0.4, 0.5) is 11.4 Å². The van der Waals surface area contributed by atoms with E-state index < -0.39 is 0 Å². The lowest BCUT2D eigenvalue weighted by atomic mass is 10.2. The van der Waals surface area contributed by atoms with E-state index in [2.05, 4.69) is 10.6 Å². The van der Waals surface area contributed by atoms with E-state index in [1.807, 2.05) is 0 Å². The van der Waals surface area contributed by atoms with Crippen LogP contribution in [0.2, 0.25) is 0 Å². The lowest BCUT2D eigenvalue weighted by molar-refractivity contribution is -0.106. The Morgan fingerprint density at radius 1 is 1.13 bits per heavy atom. The van der Waals surface area contributed by atoms with Gasteiger partial charge in [0.25, 0.3) is 0 Å². The summed E-state index contributed by atoms with van der Waals surface area (Å²) in [5.41, 5.74) is 1.71. The van der Waals surface area contributed by atoms with E-state index in [-0.39, 0.29) is 0 Å². The second-order valence-electron chi connectivity index (χ2n) is 2.89. The number of furan rings is 1. The van der Waals surface area contributed by atoms with Crippen molar-refractivity contribution in [2.75, 3.05) is 10.6 Å². The molecule has 2 N–H and O–H groups in total. The Kier molecular flexibility index (Phi) is 2.37. The Labute approximate surface area is 85.1 Å². The van der Waals surface area contributed by atoms with Crippen LogP contribution < -0.4 is 10.6 Å². The van der Waals surface area contributed by atoms with E-state index in [1.165, 1.54) is 6.26 Å². The van der Waals surface area contributed by atoms with Gasteiger partial charge in [-0.2, -0.15) is 0 Å². The molecule has 1 aromatic carbocycles. The molecule has 2 amide bonds. The average Bonchev–Trinajstić information content (AvgIpc) is 2.67. The van der Waals surface area contributed by atoms with Crippen molar-refractivity contribution in [1.82, 2.24) is 0 Å². The van der Waals surface area contributed by atoms with Crippen LogP contribution in [-0.2, 0) is 9.59 Å². The van der Waals surface area contributed by atoms with Gasteiger partial charge in [0.05, 0.1) is 12.0 Å². The third-order valence-electron chi connectivity index (χ3n) is 1.99. The molecular formula is C10H8N2O3. The van der Waals surface area contributed by atoms with Gasteiger partial charge in [0.15, 0.2) is 5.58 Å². The zero-order valence-electron chi connectivity index (χ0n) is 7.69. The van der Waals surface area contributed by atoms with Gasteiger partial charge in [0.2, 0.25) is 12.8 Å². The van der Waals surface area contributed by atoms with Gasteiger partial charge in [0.1, 0.15) is 0 Å². The Balaban J connectivity index is 2.57. The van der Waals surface area contributed by atoms with Crippen molar-refractivity contribution in [3.63, 3.8) is 0 Å². The first-order valence-electron chi connectivity index (χ1n) is 4.27. The number of nitrogens with one attached hydrogen (secondary N) is 2. The highest BCUT2D eigenvalue weighted by molar-refractivity contribution is 5.97. The van der Waals surface area contributed by atoms with Gasteiger partial charge in [-0.05, 0) is 18.2 Å². The summed E-state index contributed by atoms with van der Waals surface area (Å²) in [5, 5.41) is 5.83. The molecule has 2 rings (SSSR count). The van der Waals surface area contributed by atoms with Gasteiger partial charge in [-0.25, -0.2) is 0 Å². The Bertz CT molecular complexity index is 504. The van der Waals surface area contributed by atoms with Gasteiger partial charge >= 0.3 is 0 Å². The minimum atomic E-state index is 0.525. The Morgan fingerprint density at radius 2 is 1.93 bits per heavy atom. The smallest absolute Gasteiger partial charge is 0.211 e. The number of carbonyl (C=O) groups is 2. The monoisotopic (exact) mass is 204 g/mol. The van der Waals surface area contributed by atoms with E-state index in [1.54, 1.807) is 18.2 Å². The maximum Gasteiger partial charge on any atom is 0.211 e. The average molecular weight is 204 g/mol. The first kappa shape index (κ1) is 9.26. The van der Waals surface area contributed by atoms with Crippen LogP contribution in [0.5, 0.6) is 0 Å². The molecule has 76 valence electrons. The third-order valence-corrected chi connectivity index (χ3v) is 1.99. The molecule has 0 atom stereocenters. The number of anilines is 2. The van der Waals surface area contributed by atoms with E-state index in [0.717, 1.165) is 5.39 Å². The molecular weight excluding hydrogens is 196 g/mol. The minimum absolute atomic E-state index is 0.525. The zero-order chi connectivity index (χ0) is 10.7. The number of carbonyl (C=O) groups excluding carboxylic acids is 2. The normalized spacial score (nSPS) is 9.87. The molecule has 0 fully saturated rings. The zero-order valence-corrected chi connectivity index (χ0v) is 7.69. The fourth-order valence-corrected chi connectivity index (χ4v) is 1.40. The van der Waals surface area contributed by atoms with Crippen molar-refractivity contribution in [3.8, 4) is 0 Å². The lowest BCUT2D eigenvalue weighted by Crippen LogP contribution is -1.98. The molecule has 0 aliphatic carbocycles. The van der Waals surface area contributed by atoms with E-state index >= 15 is 0 Å². The molecule has 0 saturated heterocycles. The SMILES string of the molecule is O=CNc1cc(NC=O)c2occc2c1. The van der Waals surface area contributed by atoms with Crippen molar-refractivity contribution in [2.24, 2.45) is 0 Å². The molecule has 1 heterocycles. The third kappa shape index (κ3) is 1.67. The molecule has 0 radical (unpaired) electrons. The van der Waals surface area contributed by atoms with Crippen LogP contribution in [0, 0.1) is 0 Å². The van der Waals surface area contributed by atoms with Gasteiger partial charge in [0, 0.05) is 11.1 Å². The second kappa shape index (κ2) is 3.83. The van der Waals surface area contributed by atoms with Gasteiger partial charge in [-0.15, -0.1) is 0 Å². The molecule has 15 heavy (non-hydrogen) atoms. The van der Waals surface area contributed by atoms with Gasteiger partial charge < -0.3 is 15.1 Å². The summed E-state index contributed by atoms with van der Waals surface area (Å²) in [5.74, 6) is 0. The standard InChI is InChI=1S/C10H8N2O3/c13-5-11-8-3-7-1-2-15-10(7)9(4-8)12-6-14/h1-6H,(H,11,13)(H,12,14). The van der Waals surface area contributed by atoms with Crippen LogP contribution in [0.15, 0.2) is 28.9 Å². The number of benzene rings is 1. The van der Waals surface area contributed by atoms with Crippen molar-refractivity contribution in [1.29, 1.82) is 0 Å². The molecule has 0 aliphatic rings. The summed E-state index contributed by atoms with van der Waals surface area (Å²) in [6.07, 6.45) is 2.65. The van der Waals surface area contributed by atoms with Crippen molar-refractivity contribution in [2.45, 2.75) is 0 Å². The molecule has 5 nitrogen and oxygen atoms in total. The minimum Gasteiger partial charge on any atom is -0.462 e. The van der Waals surface area contributed by atoms with Gasteiger partial charge in [-0.3, -0.25) is 9.59 Å². The maximum absolute atomic E-state index is 10.4. The number of rotatable bonds is 4. The maximum atomic E-state index is 10.4. The number of fused-ring (bicyclic) bond motifs is 1. The molecule has 5 heteroatoms. The number of amides is 2. The first-order valence-corrected chi connectivity index (χ1v) is 4.27. The van der Waals surface area contributed by atoms with Crippen molar-refractivity contribution < 1.29 is 14.0 Å². The summed E-state index contributed by atoms with van der Waals surface area (Å²) >= 11 is 0. The van der Waals surface area contributed by atoms with Crippen molar-refractivity contribution in [3.05, 3.63) is 24.5 Å². The first-order chi connectivity index (χ1) is 7.35. The van der Waals surface area contributed by atoms with E-state index in [9.17, 15) is 9.59 Å². The molecule has 2 aromatic rings. The fourth-order valence-electron chi connectivity index (χ4n) is 1.40. The molecule has 1 aromatic heterocycles. The van der Waals surface area contributed by atoms with Crippen LogP contribution >= 0.6 is 0 Å². The predicted molar refractivity (Wildman–Crippen MR) is 55.6 cm³/mol. The largest absolute Gasteiger partial charge is 0.462 e. The summed E-state index contributed by atoms with van der Waals surface area (Å²) in [6.45, 7) is 0. The van der Waals surface area contributed by atoms with Crippen LogP contribution in [0.3, 0.4) is 0 Å². The van der Waals surface area contributed by atoms with E-state index in [4.69, 9.17) is 4.42 Å². The van der Waals surface area contributed by atoms with Gasteiger partial charge in [-0.1, -0.05) is 0 Å². The highest BCUT2D eigenvalue weighted by atomic mass is 16.3. The summed E-state index contributed by atoms with van der Waals surface area (Å²) < 4.78 is 5.20. The summed E-state index contributed by atoms with van der Waals surface area (Å²) in [7, 11) is 0. The highest BCUT2D eigenvalue weighted by Crippen LogP contribution is 2.28. The second-order valence-corrected chi connectivity index (χ2v) is 2.89. The summed E-state index contributed by atoms with van der Waals surface area (Å²) in [6, 6.07) is 5.12. The molecule has 0 spiro atoms. The van der Waals surface area contributed by atoms with E-state index in [0.29, 0.717) is 29.8 Å². The predicted octanol–water partition coefficient (Wildman–Crippen LogP) is 1.57. The lowest BCUT2D eigenvalue weighted by Gasteiger charge is -2.03. The molecule has 0 saturated carbocycles. The molecule has 0 unspecified atom stereocenters. The Hall–Kier alpha value is -2.30. The fraction of sp³-hybridized carbons (Fsp3) is 0. The Morgan fingerprint density at radius 3 is 2.67 bits per heavy atom. The summed E-state index contributed by atoms with van der Waals surface area (Å²) in [4.78, 5) is 20.7. The van der Waals surface area contributed by atoms with Crippen LogP contribution in [0.25, 0.3) is 11.0 Å². The number of hydrogen-bond acceptors (Lipinski definition) is 3. The van der Waals surface area contributed by atoms with Crippen LogP contribution in [0.1, 0.15) is 0 Å². The molecule has 0 aliphatic heterocycles. The number of hydrogen-bond donors (Lipinski definition) is 2.